The van der Waals surface area contributed by atoms with Gasteiger partial charge in [-0.05, 0) is 42.0 Å². The third kappa shape index (κ3) is 3.14. The highest BCUT2D eigenvalue weighted by molar-refractivity contribution is 7.91. The molecule has 0 aromatic heterocycles. The van der Waals surface area contributed by atoms with Crippen molar-refractivity contribution in [2.45, 2.75) is 11.8 Å². The predicted octanol–water partition coefficient (Wildman–Crippen LogP) is 2.67. The van der Waals surface area contributed by atoms with E-state index in [0.717, 1.165) is 5.56 Å². The van der Waals surface area contributed by atoms with Crippen LogP contribution < -0.4 is 9.47 Å². The molecule has 0 fully saturated rings. The summed E-state index contributed by atoms with van der Waals surface area (Å²) in [6, 6.07) is 9.37. The maximum Gasteiger partial charge on any atom is 0.231 e. The molecule has 3 rings (SSSR count). The topological polar surface area (TPSA) is 85.2 Å². The van der Waals surface area contributed by atoms with Gasteiger partial charge in [0.05, 0.1) is 10.6 Å². The SMILES string of the molecule is CCS(=O)(=O)c1ccc(O)c(N=Cc2ccc3c(c2)OCO3)c1. The summed E-state index contributed by atoms with van der Waals surface area (Å²) in [4.78, 5) is 4.31. The lowest BCUT2D eigenvalue weighted by molar-refractivity contribution is 0.174. The molecule has 2 aromatic rings. The molecule has 7 heteroatoms. The number of phenolic OH excluding ortho intramolecular Hbond substituents is 1. The fraction of sp³-hybridized carbons (Fsp3) is 0.188. The lowest BCUT2D eigenvalue weighted by Crippen LogP contribution is -2.03. The Morgan fingerprint density at radius 3 is 2.74 bits per heavy atom. The zero-order valence-electron chi connectivity index (χ0n) is 12.4. The fourth-order valence-corrected chi connectivity index (χ4v) is 3.00. The zero-order chi connectivity index (χ0) is 16.4. The van der Waals surface area contributed by atoms with Crippen molar-refractivity contribution in [2.75, 3.05) is 12.5 Å². The second-order valence-electron chi connectivity index (χ2n) is 4.92. The van der Waals surface area contributed by atoms with Crippen LogP contribution in [0.15, 0.2) is 46.3 Å². The quantitative estimate of drug-likeness (QED) is 0.870. The van der Waals surface area contributed by atoms with Crippen LogP contribution in [0.25, 0.3) is 0 Å². The molecule has 23 heavy (non-hydrogen) atoms. The number of rotatable bonds is 4. The van der Waals surface area contributed by atoms with Gasteiger partial charge in [-0.1, -0.05) is 6.92 Å². The average Bonchev–Trinajstić information content (AvgIpc) is 3.01. The van der Waals surface area contributed by atoms with Gasteiger partial charge < -0.3 is 14.6 Å². The number of fused-ring (bicyclic) bond motifs is 1. The van der Waals surface area contributed by atoms with E-state index in [-0.39, 0.29) is 28.9 Å². The maximum atomic E-state index is 11.9. The minimum Gasteiger partial charge on any atom is -0.506 e. The molecule has 6 nitrogen and oxygen atoms in total. The number of hydrogen-bond acceptors (Lipinski definition) is 6. The number of ether oxygens (including phenoxy) is 2. The number of aromatic hydroxyl groups is 1. The number of sulfone groups is 1. The van der Waals surface area contributed by atoms with Crippen LogP contribution in [0.5, 0.6) is 17.2 Å². The highest BCUT2D eigenvalue weighted by Crippen LogP contribution is 2.33. The Labute approximate surface area is 133 Å². The van der Waals surface area contributed by atoms with Crippen LogP contribution >= 0.6 is 0 Å². The standard InChI is InChI=1S/C16H15NO5S/c1-2-23(19,20)12-4-5-14(18)13(8-12)17-9-11-3-6-15-16(7-11)22-10-21-15/h3-9,18H,2,10H2,1H3. The van der Waals surface area contributed by atoms with Crippen LogP contribution in [0.1, 0.15) is 12.5 Å². The van der Waals surface area contributed by atoms with Gasteiger partial charge in [-0.15, -0.1) is 0 Å². The lowest BCUT2D eigenvalue weighted by Gasteiger charge is -2.04. The summed E-state index contributed by atoms with van der Waals surface area (Å²) in [5, 5.41) is 9.85. The van der Waals surface area contributed by atoms with Crippen LogP contribution in [0.2, 0.25) is 0 Å². The van der Waals surface area contributed by atoms with Crippen molar-refractivity contribution in [1.29, 1.82) is 0 Å². The molecule has 0 radical (unpaired) electrons. The van der Waals surface area contributed by atoms with Gasteiger partial charge in [0.15, 0.2) is 21.3 Å². The van der Waals surface area contributed by atoms with Crippen molar-refractivity contribution >= 4 is 21.7 Å². The van der Waals surface area contributed by atoms with Crippen LogP contribution in [-0.4, -0.2) is 32.3 Å². The smallest absolute Gasteiger partial charge is 0.231 e. The van der Waals surface area contributed by atoms with E-state index in [9.17, 15) is 13.5 Å². The van der Waals surface area contributed by atoms with Gasteiger partial charge in [-0.25, -0.2) is 8.42 Å². The Kier molecular flexibility index (Phi) is 3.96. The van der Waals surface area contributed by atoms with Crippen molar-refractivity contribution < 1.29 is 23.0 Å². The van der Waals surface area contributed by atoms with E-state index in [1.54, 1.807) is 25.1 Å². The number of benzene rings is 2. The van der Waals surface area contributed by atoms with Crippen molar-refractivity contribution in [3.63, 3.8) is 0 Å². The average molecular weight is 333 g/mol. The molecule has 0 amide bonds. The highest BCUT2D eigenvalue weighted by Gasteiger charge is 2.14. The summed E-state index contributed by atoms with van der Waals surface area (Å²) in [5.41, 5.74) is 0.939. The summed E-state index contributed by atoms with van der Waals surface area (Å²) < 4.78 is 34.3. The van der Waals surface area contributed by atoms with Gasteiger partial charge in [0.25, 0.3) is 0 Å². The van der Waals surface area contributed by atoms with E-state index in [2.05, 4.69) is 4.99 Å². The minimum atomic E-state index is -3.35. The number of nitrogens with zero attached hydrogens (tertiary/aromatic N) is 1. The molecule has 0 saturated heterocycles. The summed E-state index contributed by atoms with van der Waals surface area (Å²) in [7, 11) is -3.35. The lowest BCUT2D eigenvalue weighted by atomic mass is 10.2. The molecular formula is C16H15NO5S. The first-order valence-electron chi connectivity index (χ1n) is 6.99. The first-order valence-corrected chi connectivity index (χ1v) is 8.64. The summed E-state index contributed by atoms with van der Waals surface area (Å²) in [6.45, 7) is 1.76. The molecule has 120 valence electrons. The molecule has 1 N–H and O–H groups in total. The van der Waals surface area contributed by atoms with Crippen molar-refractivity contribution in [2.24, 2.45) is 4.99 Å². The summed E-state index contributed by atoms with van der Waals surface area (Å²) in [5.74, 6) is 1.20. The molecule has 1 heterocycles. The van der Waals surface area contributed by atoms with E-state index in [1.807, 2.05) is 0 Å². The maximum absolute atomic E-state index is 11.9. The van der Waals surface area contributed by atoms with Gasteiger partial charge >= 0.3 is 0 Å². The van der Waals surface area contributed by atoms with Crippen molar-refractivity contribution in [3.8, 4) is 17.2 Å². The van der Waals surface area contributed by atoms with Gasteiger partial charge in [-0.2, -0.15) is 0 Å². The molecular weight excluding hydrogens is 318 g/mol. The molecule has 1 aliphatic rings. The Hall–Kier alpha value is -2.54. The Balaban J connectivity index is 1.91. The van der Waals surface area contributed by atoms with Gasteiger partial charge in [-0.3, -0.25) is 4.99 Å². The largest absolute Gasteiger partial charge is 0.506 e. The van der Waals surface area contributed by atoms with Crippen molar-refractivity contribution in [3.05, 3.63) is 42.0 Å². The summed E-state index contributed by atoms with van der Waals surface area (Å²) in [6.07, 6.45) is 1.53. The number of hydrogen-bond donors (Lipinski definition) is 1. The van der Waals surface area contributed by atoms with Crippen molar-refractivity contribution in [1.82, 2.24) is 0 Å². The van der Waals surface area contributed by atoms with E-state index in [0.29, 0.717) is 11.5 Å². The van der Waals surface area contributed by atoms with Gasteiger partial charge in [0, 0.05) is 6.21 Å². The molecule has 1 aliphatic heterocycles. The Morgan fingerprint density at radius 1 is 1.17 bits per heavy atom. The first-order chi connectivity index (χ1) is 11.0. The third-order valence-electron chi connectivity index (χ3n) is 3.44. The molecule has 0 saturated carbocycles. The van der Waals surface area contributed by atoms with Gasteiger partial charge in [0.2, 0.25) is 6.79 Å². The third-order valence-corrected chi connectivity index (χ3v) is 5.17. The molecule has 0 atom stereocenters. The van der Waals surface area contributed by atoms with Crippen LogP contribution in [-0.2, 0) is 9.84 Å². The number of aliphatic imine (C=N–C) groups is 1. The van der Waals surface area contributed by atoms with E-state index >= 15 is 0 Å². The molecule has 0 spiro atoms. The van der Waals surface area contributed by atoms with Crippen LogP contribution in [0.3, 0.4) is 0 Å². The first kappa shape index (κ1) is 15.4. The second kappa shape index (κ2) is 5.92. The predicted molar refractivity (Wildman–Crippen MR) is 85.7 cm³/mol. The zero-order valence-corrected chi connectivity index (χ0v) is 13.2. The van der Waals surface area contributed by atoms with Gasteiger partial charge in [0.1, 0.15) is 11.4 Å². The number of phenols is 1. The second-order valence-corrected chi connectivity index (χ2v) is 7.20. The van der Waals surface area contributed by atoms with E-state index in [1.165, 1.54) is 24.4 Å². The summed E-state index contributed by atoms with van der Waals surface area (Å²) >= 11 is 0. The molecule has 0 unspecified atom stereocenters. The Morgan fingerprint density at radius 2 is 1.96 bits per heavy atom. The normalized spacial score (nSPS) is 13.6. The fourth-order valence-electron chi connectivity index (χ4n) is 2.10. The minimum absolute atomic E-state index is 0.0108. The highest BCUT2D eigenvalue weighted by atomic mass is 32.2. The van der Waals surface area contributed by atoms with Crippen LogP contribution in [0, 0.1) is 0 Å². The van der Waals surface area contributed by atoms with E-state index in [4.69, 9.17) is 9.47 Å². The van der Waals surface area contributed by atoms with Crippen LogP contribution in [0.4, 0.5) is 5.69 Å². The molecule has 0 aliphatic carbocycles. The Bertz CT molecular complexity index is 874. The monoisotopic (exact) mass is 333 g/mol. The van der Waals surface area contributed by atoms with E-state index < -0.39 is 9.84 Å². The molecule has 2 aromatic carbocycles. The molecule has 0 bridgehead atoms.